The molecule has 1 N–H and O–H groups in total. The van der Waals surface area contributed by atoms with Crippen molar-refractivity contribution < 1.29 is 19.4 Å². The molecule has 0 saturated heterocycles. The Bertz CT molecular complexity index is 587. The van der Waals surface area contributed by atoms with Gasteiger partial charge in [0.25, 0.3) is 0 Å². The fraction of sp³-hybridized carbons (Fsp3) is 0.214. The van der Waals surface area contributed by atoms with Gasteiger partial charge in [-0.05, 0) is 25.1 Å². The minimum Gasteiger partial charge on any atom is -0.490 e. The van der Waals surface area contributed by atoms with E-state index in [9.17, 15) is 9.90 Å². The van der Waals surface area contributed by atoms with Crippen LogP contribution in [0, 0.1) is 0 Å². The number of aromatic carboxylic acids is 1. The lowest BCUT2D eigenvalue weighted by molar-refractivity contribution is 0.0690. The maximum Gasteiger partial charge on any atom is 0.339 e. The Kier molecular flexibility index (Phi) is 4.49. The maximum absolute atomic E-state index is 11.2. The summed E-state index contributed by atoms with van der Waals surface area (Å²) in [7, 11) is 0. The van der Waals surface area contributed by atoms with Gasteiger partial charge in [-0.1, -0.05) is 6.07 Å². The number of hydrogen-bond acceptors (Lipinski definition) is 5. The normalized spacial score (nSPS) is 10.1. The van der Waals surface area contributed by atoms with Crippen molar-refractivity contribution in [2.75, 3.05) is 6.61 Å². The van der Waals surface area contributed by atoms with Crippen LogP contribution in [0.15, 0.2) is 36.7 Å². The van der Waals surface area contributed by atoms with Gasteiger partial charge < -0.3 is 14.6 Å². The van der Waals surface area contributed by atoms with Crippen LogP contribution in [0.25, 0.3) is 0 Å². The Hall–Kier alpha value is -2.63. The summed E-state index contributed by atoms with van der Waals surface area (Å²) in [6, 6.07) is 6.43. The van der Waals surface area contributed by atoms with Gasteiger partial charge in [0.1, 0.15) is 12.2 Å². The van der Waals surface area contributed by atoms with E-state index in [-0.39, 0.29) is 17.9 Å². The van der Waals surface area contributed by atoms with E-state index in [1.165, 1.54) is 6.07 Å². The number of carboxylic acids is 1. The van der Waals surface area contributed by atoms with Crippen LogP contribution in [-0.4, -0.2) is 27.7 Å². The number of rotatable bonds is 6. The largest absolute Gasteiger partial charge is 0.490 e. The Labute approximate surface area is 116 Å². The Morgan fingerprint density at radius 2 is 1.95 bits per heavy atom. The van der Waals surface area contributed by atoms with Crippen LogP contribution in [0.2, 0.25) is 0 Å². The second-order valence-electron chi connectivity index (χ2n) is 3.82. The van der Waals surface area contributed by atoms with Crippen molar-refractivity contribution in [2.24, 2.45) is 0 Å². The fourth-order valence-corrected chi connectivity index (χ4v) is 1.64. The minimum absolute atomic E-state index is 0.0480. The van der Waals surface area contributed by atoms with E-state index in [1.807, 2.05) is 6.92 Å². The number of ether oxygens (including phenoxy) is 2. The van der Waals surface area contributed by atoms with Gasteiger partial charge in [0, 0.05) is 12.4 Å². The van der Waals surface area contributed by atoms with Gasteiger partial charge in [0.15, 0.2) is 17.3 Å². The van der Waals surface area contributed by atoms with Crippen molar-refractivity contribution in [1.29, 1.82) is 0 Å². The maximum atomic E-state index is 11.2. The first-order valence-corrected chi connectivity index (χ1v) is 6.10. The number of nitrogens with zero attached hydrogens (tertiary/aromatic N) is 2. The van der Waals surface area contributed by atoms with Gasteiger partial charge >= 0.3 is 5.97 Å². The lowest BCUT2D eigenvalue weighted by atomic mass is 10.2. The van der Waals surface area contributed by atoms with Gasteiger partial charge in [-0.15, -0.1) is 0 Å². The fourth-order valence-electron chi connectivity index (χ4n) is 1.64. The van der Waals surface area contributed by atoms with Crippen molar-refractivity contribution in [3.8, 4) is 11.5 Å². The standard InChI is InChI=1S/C14H14N2O4/c1-2-19-11-6-3-5-10(14(17)18)13(11)20-9-12-15-7-4-8-16-12/h3-8H,2,9H2,1H3,(H,17,18). The van der Waals surface area contributed by atoms with Gasteiger partial charge in [-0.2, -0.15) is 0 Å². The number of carbonyl (C=O) groups is 1. The topological polar surface area (TPSA) is 81.5 Å². The summed E-state index contributed by atoms with van der Waals surface area (Å²) >= 11 is 0. The van der Waals surface area contributed by atoms with Crippen LogP contribution in [0.5, 0.6) is 11.5 Å². The summed E-state index contributed by atoms with van der Waals surface area (Å²) in [5.74, 6) is -0.0247. The molecule has 0 unspecified atom stereocenters. The molecule has 0 fully saturated rings. The molecular formula is C14H14N2O4. The molecule has 0 spiro atoms. The van der Waals surface area contributed by atoms with E-state index in [0.717, 1.165) is 0 Å². The lowest BCUT2D eigenvalue weighted by Crippen LogP contribution is -2.07. The average Bonchev–Trinajstić information content (AvgIpc) is 2.47. The van der Waals surface area contributed by atoms with Crippen LogP contribution in [0.1, 0.15) is 23.1 Å². The molecular weight excluding hydrogens is 260 g/mol. The third kappa shape index (κ3) is 3.23. The molecule has 20 heavy (non-hydrogen) atoms. The third-order valence-electron chi connectivity index (χ3n) is 2.47. The first kappa shape index (κ1) is 13.8. The zero-order chi connectivity index (χ0) is 14.4. The van der Waals surface area contributed by atoms with Crippen LogP contribution in [0.3, 0.4) is 0 Å². The predicted molar refractivity (Wildman–Crippen MR) is 70.9 cm³/mol. The molecule has 1 aromatic heterocycles. The van der Waals surface area contributed by atoms with Crippen molar-refractivity contribution in [3.05, 3.63) is 48.0 Å². The summed E-state index contributed by atoms with van der Waals surface area (Å²) in [5.41, 5.74) is 0.0480. The van der Waals surface area contributed by atoms with Crippen molar-refractivity contribution in [2.45, 2.75) is 13.5 Å². The molecule has 0 bridgehead atoms. The number of benzene rings is 1. The van der Waals surface area contributed by atoms with Gasteiger partial charge in [-0.3, -0.25) is 0 Å². The third-order valence-corrected chi connectivity index (χ3v) is 2.47. The van der Waals surface area contributed by atoms with Gasteiger partial charge in [0.05, 0.1) is 6.61 Å². The highest BCUT2D eigenvalue weighted by Crippen LogP contribution is 2.31. The van der Waals surface area contributed by atoms with Crippen LogP contribution in [0.4, 0.5) is 0 Å². The minimum atomic E-state index is -1.07. The monoisotopic (exact) mass is 274 g/mol. The van der Waals surface area contributed by atoms with E-state index in [1.54, 1.807) is 30.6 Å². The first-order chi connectivity index (χ1) is 9.72. The zero-order valence-corrected chi connectivity index (χ0v) is 10.9. The van der Waals surface area contributed by atoms with Crippen LogP contribution in [-0.2, 0) is 6.61 Å². The van der Waals surface area contributed by atoms with Crippen LogP contribution >= 0.6 is 0 Å². The molecule has 0 saturated carbocycles. The van der Waals surface area contributed by atoms with Gasteiger partial charge in [0.2, 0.25) is 0 Å². The van der Waals surface area contributed by atoms with E-state index in [4.69, 9.17) is 9.47 Å². The average molecular weight is 274 g/mol. The molecule has 1 aromatic carbocycles. The number of carboxylic acid groups (broad SMARTS) is 1. The molecule has 2 aromatic rings. The van der Waals surface area contributed by atoms with Gasteiger partial charge in [-0.25, -0.2) is 14.8 Å². The lowest BCUT2D eigenvalue weighted by Gasteiger charge is -2.13. The van der Waals surface area contributed by atoms with Crippen molar-refractivity contribution in [1.82, 2.24) is 9.97 Å². The SMILES string of the molecule is CCOc1cccc(C(=O)O)c1OCc1ncccn1. The van der Waals surface area contributed by atoms with E-state index in [2.05, 4.69) is 9.97 Å². The van der Waals surface area contributed by atoms with E-state index in [0.29, 0.717) is 18.2 Å². The first-order valence-electron chi connectivity index (χ1n) is 6.10. The summed E-state index contributed by atoms with van der Waals surface area (Å²) < 4.78 is 10.9. The van der Waals surface area contributed by atoms with E-state index >= 15 is 0 Å². The Morgan fingerprint density at radius 1 is 1.20 bits per heavy atom. The molecule has 0 amide bonds. The second kappa shape index (κ2) is 6.51. The molecule has 0 aliphatic rings. The highest BCUT2D eigenvalue weighted by Gasteiger charge is 2.16. The molecule has 0 atom stereocenters. The number of para-hydroxylation sites is 1. The van der Waals surface area contributed by atoms with Crippen LogP contribution < -0.4 is 9.47 Å². The summed E-state index contributed by atoms with van der Waals surface area (Å²) in [5, 5.41) is 9.19. The highest BCUT2D eigenvalue weighted by molar-refractivity contribution is 5.92. The van der Waals surface area contributed by atoms with Crippen molar-refractivity contribution in [3.63, 3.8) is 0 Å². The second-order valence-corrected chi connectivity index (χ2v) is 3.82. The molecule has 6 heteroatoms. The quantitative estimate of drug-likeness (QED) is 0.869. The smallest absolute Gasteiger partial charge is 0.339 e. The number of hydrogen-bond donors (Lipinski definition) is 1. The Morgan fingerprint density at radius 3 is 2.60 bits per heavy atom. The summed E-state index contributed by atoms with van der Waals surface area (Å²) in [6.45, 7) is 2.31. The molecule has 0 radical (unpaired) electrons. The highest BCUT2D eigenvalue weighted by atomic mass is 16.5. The molecule has 104 valence electrons. The molecule has 0 aliphatic carbocycles. The number of aromatic nitrogens is 2. The summed E-state index contributed by atoms with van der Waals surface area (Å²) in [6.07, 6.45) is 3.19. The summed E-state index contributed by atoms with van der Waals surface area (Å²) in [4.78, 5) is 19.3. The zero-order valence-electron chi connectivity index (χ0n) is 10.9. The Balaban J connectivity index is 2.26. The molecule has 2 rings (SSSR count). The molecule has 0 aliphatic heterocycles. The predicted octanol–water partition coefficient (Wildman–Crippen LogP) is 2.15. The molecule has 1 heterocycles. The van der Waals surface area contributed by atoms with Crippen molar-refractivity contribution >= 4 is 5.97 Å². The molecule has 6 nitrogen and oxygen atoms in total. The van der Waals surface area contributed by atoms with E-state index < -0.39 is 5.97 Å².